The van der Waals surface area contributed by atoms with Crippen molar-refractivity contribution in [1.29, 1.82) is 0 Å². The molecule has 1 aliphatic rings. The Morgan fingerprint density at radius 1 is 0.909 bits per heavy atom. The molecule has 0 bridgehead atoms. The molecule has 160 valence electrons. The number of aromatic nitrogens is 2. The summed E-state index contributed by atoms with van der Waals surface area (Å²) in [6.45, 7) is 0.753. The van der Waals surface area contributed by atoms with E-state index in [-0.39, 0.29) is 5.91 Å². The Labute approximate surface area is 190 Å². The molecule has 33 heavy (non-hydrogen) atoms. The van der Waals surface area contributed by atoms with Crippen molar-refractivity contribution in [2.75, 3.05) is 22.1 Å². The molecule has 1 aliphatic heterocycles. The number of fused-ring (bicyclic) bond motifs is 4. The standard InChI is InChI=1S/C27H21N5O/c33-27(26-30-22-8-3-4-9-23(22)31-26)29-19-11-13-20(14-12-19)32-17-5-16-28-25-21-7-2-1-6-18(21)10-15-24(25)32/h1-15,17,28H,16H2,(H,29,33)(H,30,31). The van der Waals surface area contributed by atoms with Crippen LogP contribution in [-0.4, -0.2) is 22.4 Å². The molecule has 5 aromatic rings. The molecule has 0 saturated heterocycles. The number of hydrogen-bond acceptors (Lipinski definition) is 4. The summed E-state index contributed by atoms with van der Waals surface area (Å²) < 4.78 is 0. The lowest BCUT2D eigenvalue weighted by Gasteiger charge is -2.23. The van der Waals surface area contributed by atoms with E-state index in [0.29, 0.717) is 11.5 Å². The van der Waals surface area contributed by atoms with Crippen LogP contribution in [0.2, 0.25) is 0 Å². The number of nitrogens with one attached hydrogen (secondary N) is 3. The maximum Gasteiger partial charge on any atom is 0.291 e. The van der Waals surface area contributed by atoms with Crippen LogP contribution >= 0.6 is 0 Å². The molecule has 0 spiro atoms. The van der Waals surface area contributed by atoms with E-state index < -0.39 is 0 Å². The highest BCUT2D eigenvalue weighted by atomic mass is 16.2. The second kappa shape index (κ2) is 7.84. The van der Waals surface area contributed by atoms with E-state index in [1.54, 1.807) is 0 Å². The highest BCUT2D eigenvalue weighted by molar-refractivity contribution is 6.04. The highest BCUT2D eigenvalue weighted by Crippen LogP contribution is 2.39. The van der Waals surface area contributed by atoms with Crippen molar-refractivity contribution in [2.45, 2.75) is 0 Å². The minimum atomic E-state index is -0.269. The van der Waals surface area contributed by atoms with Gasteiger partial charge in [0, 0.05) is 29.5 Å². The number of carbonyl (C=O) groups is 1. The number of aromatic amines is 1. The van der Waals surface area contributed by atoms with Crippen LogP contribution in [0.4, 0.5) is 22.7 Å². The van der Waals surface area contributed by atoms with Crippen LogP contribution in [0.25, 0.3) is 21.8 Å². The SMILES string of the molecule is O=C(Nc1ccc(N2C=CCNc3c2ccc2ccccc32)cc1)c1nc2ccccc2[nH]1. The van der Waals surface area contributed by atoms with Gasteiger partial charge in [0.05, 0.1) is 22.4 Å². The van der Waals surface area contributed by atoms with Crippen LogP contribution < -0.4 is 15.5 Å². The van der Waals surface area contributed by atoms with E-state index in [0.717, 1.165) is 34.6 Å². The predicted molar refractivity (Wildman–Crippen MR) is 134 cm³/mol. The van der Waals surface area contributed by atoms with Crippen molar-refractivity contribution in [3.63, 3.8) is 0 Å². The molecule has 1 amide bonds. The summed E-state index contributed by atoms with van der Waals surface area (Å²) in [4.78, 5) is 22.3. The van der Waals surface area contributed by atoms with Gasteiger partial charge >= 0.3 is 0 Å². The Balaban J connectivity index is 1.28. The third kappa shape index (κ3) is 3.47. The third-order valence-electron chi connectivity index (χ3n) is 5.83. The number of carbonyl (C=O) groups excluding carboxylic acids is 1. The van der Waals surface area contributed by atoms with E-state index in [4.69, 9.17) is 0 Å². The monoisotopic (exact) mass is 431 g/mol. The number of anilines is 4. The fourth-order valence-electron chi connectivity index (χ4n) is 4.23. The van der Waals surface area contributed by atoms with Gasteiger partial charge in [-0.2, -0.15) is 0 Å². The summed E-state index contributed by atoms with van der Waals surface area (Å²) in [5, 5.41) is 8.86. The zero-order valence-electron chi connectivity index (χ0n) is 17.7. The van der Waals surface area contributed by atoms with Crippen molar-refractivity contribution in [1.82, 2.24) is 9.97 Å². The Kier molecular flexibility index (Phi) is 4.54. The first-order valence-corrected chi connectivity index (χ1v) is 10.8. The minimum absolute atomic E-state index is 0.269. The quantitative estimate of drug-likeness (QED) is 0.325. The molecule has 1 aromatic heterocycles. The van der Waals surface area contributed by atoms with Crippen LogP contribution in [0.1, 0.15) is 10.6 Å². The molecule has 6 rings (SSSR count). The van der Waals surface area contributed by atoms with Crippen LogP contribution in [0.5, 0.6) is 0 Å². The molecule has 3 N–H and O–H groups in total. The Morgan fingerprint density at radius 2 is 1.73 bits per heavy atom. The fraction of sp³-hybridized carbons (Fsp3) is 0.0370. The van der Waals surface area contributed by atoms with E-state index in [9.17, 15) is 4.79 Å². The molecule has 0 fully saturated rings. The normalized spacial score (nSPS) is 12.9. The van der Waals surface area contributed by atoms with Crippen LogP contribution in [0, 0.1) is 0 Å². The van der Waals surface area contributed by atoms with Crippen LogP contribution in [-0.2, 0) is 0 Å². The lowest BCUT2D eigenvalue weighted by molar-refractivity contribution is 0.101. The molecular formula is C27H21N5O. The maximum atomic E-state index is 12.7. The number of benzene rings is 4. The average molecular weight is 431 g/mol. The summed E-state index contributed by atoms with van der Waals surface area (Å²) in [5.41, 5.74) is 5.52. The molecule has 6 nitrogen and oxygen atoms in total. The molecule has 4 aromatic carbocycles. The van der Waals surface area contributed by atoms with E-state index >= 15 is 0 Å². The zero-order chi connectivity index (χ0) is 22.2. The molecular weight excluding hydrogens is 410 g/mol. The largest absolute Gasteiger partial charge is 0.379 e. The number of imidazole rings is 1. The Hall–Kier alpha value is -4.58. The summed E-state index contributed by atoms with van der Waals surface area (Å²) >= 11 is 0. The Morgan fingerprint density at radius 3 is 2.61 bits per heavy atom. The molecule has 6 heteroatoms. The van der Waals surface area contributed by atoms with Crippen LogP contribution in [0.15, 0.2) is 97.2 Å². The number of hydrogen-bond donors (Lipinski definition) is 3. The molecule has 2 heterocycles. The summed E-state index contributed by atoms with van der Waals surface area (Å²) in [7, 11) is 0. The van der Waals surface area contributed by atoms with Crippen molar-refractivity contribution >= 4 is 50.5 Å². The fourth-order valence-corrected chi connectivity index (χ4v) is 4.23. The van der Waals surface area contributed by atoms with Crippen molar-refractivity contribution in [3.8, 4) is 0 Å². The number of nitrogens with zero attached hydrogens (tertiary/aromatic N) is 2. The molecule has 0 saturated carbocycles. The van der Waals surface area contributed by atoms with Gasteiger partial charge in [0.2, 0.25) is 0 Å². The summed E-state index contributed by atoms with van der Waals surface area (Å²) in [5.74, 6) is 0.0252. The molecule has 0 unspecified atom stereocenters. The second-order valence-corrected chi connectivity index (χ2v) is 7.92. The number of rotatable bonds is 3. The second-order valence-electron chi connectivity index (χ2n) is 7.92. The van der Waals surface area contributed by atoms with Crippen molar-refractivity contribution in [3.05, 3.63) is 103 Å². The van der Waals surface area contributed by atoms with E-state index in [2.05, 4.69) is 74.2 Å². The van der Waals surface area contributed by atoms with Gasteiger partial charge in [-0.1, -0.05) is 42.5 Å². The zero-order valence-corrected chi connectivity index (χ0v) is 17.7. The smallest absolute Gasteiger partial charge is 0.291 e. The van der Waals surface area contributed by atoms with Gasteiger partial charge in [0.15, 0.2) is 5.82 Å². The van der Waals surface area contributed by atoms with E-state index in [1.165, 1.54) is 10.8 Å². The van der Waals surface area contributed by atoms with Gasteiger partial charge in [0.1, 0.15) is 0 Å². The third-order valence-corrected chi connectivity index (χ3v) is 5.83. The highest BCUT2D eigenvalue weighted by Gasteiger charge is 2.17. The Bertz CT molecular complexity index is 1480. The van der Waals surface area contributed by atoms with Crippen molar-refractivity contribution < 1.29 is 4.79 Å². The molecule has 0 aliphatic carbocycles. The van der Waals surface area contributed by atoms with Gasteiger partial charge in [-0.15, -0.1) is 0 Å². The van der Waals surface area contributed by atoms with Gasteiger partial charge in [-0.05, 0) is 53.9 Å². The van der Waals surface area contributed by atoms with Gasteiger partial charge < -0.3 is 20.5 Å². The topological polar surface area (TPSA) is 73.1 Å². The minimum Gasteiger partial charge on any atom is -0.379 e. The summed E-state index contributed by atoms with van der Waals surface area (Å²) in [6, 6.07) is 28.1. The number of H-pyrrole nitrogens is 1. The van der Waals surface area contributed by atoms with Gasteiger partial charge in [-0.3, -0.25) is 4.79 Å². The first-order valence-electron chi connectivity index (χ1n) is 10.8. The molecule has 0 atom stereocenters. The number of amides is 1. The predicted octanol–water partition coefficient (Wildman–Crippen LogP) is 6.05. The number of para-hydroxylation sites is 2. The average Bonchev–Trinajstić information content (AvgIpc) is 3.18. The maximum absolute atomic E-state index is 12.7. The lowest BCUT2D eigenvalue weighted by Crippen LogP contribution is -2.14. The van der Waals surface area contributed by atoms with Crippen LogP contribution in [0.3, 0.4) is 0 Å². The first-order chi connectivity index (χ1) is 16.3. The lowest BCUT2D eigenvalue weighted by atomic mass is 10.1. The van der Waals surface area contributed by atoms with Gasteiger partial charge in [0.25, 0.3) is 5.91 Å². The summed E-state index contributed by atoms with van der Waals surface area (Å²) in [6.07, 6.45) is 4.18. The van der Waals surface area contributed by atoms with E-state index in [1.807, 2.05) is 48.5 Å². The first kappa shape index (κ1) is 19.1. The van der Waals surface area contributed by atoms with Crippen molar-refractivity contribution in [2.24, 2.45) is 0 Å². The molecule has 0 radical (unpaired) electrons. The van der Waals surface area contributed by atoms with Gasteiger partial charge in [-0.25, -0.2) is 4.98 Å².